The highest BCUT2D eigenvalue weighted by atomic mass is 19.1. The number of fused-ring (bicyclic) bond motifs is 1. The predicted octanol–water partition coefficient (Wildman–Crippen LogP) is 7.61. The fourth-order valence-electron chi connectivity index (χ4n) is 5.51. The number of ether oxygens (including phenoxy) is 3. The summed E-state index contributed by atoms with van der Waals surface area (Å²) in [5.41, 5.74) is 1.34. The molecule has 1 aliphatic rings. The largest absolute Gasteiger partial charge is 0.493 e. The number of anilines is 1. The van der Waals surface area contributed by atoms with Gasteiger partial charge in [0.1, 0.15) is 17.5 Å². The Bertz CT molecular complexity index is 1880. The van der Waals surface area contributed by atoms with Crippen LogP contribution in [0.1, 0.15) is 44.9 Å². The standard InChI is InChI=1S/C36H37F2N5O5/c1-22-12-16-43(17-13-22)15-4-18-46-33-21-29-27(20-32(33)45-3)30(11-14-39-29)47-31-10-9-26(19-28(31)38)40-34(44)23(2)35-41-42-36(48-35)24-5-7-25(37)8-6-24/h5-11,14,19-23H,4,12-13,15-18H2,1-3H3,(H,40,44). The average molecular weight is 658 g/mol. The van der Waals surface area contributed by atoms with Crippen molar-refractivity contribution < 1.29 is 32.2 Å². The highest BCUT2D eigenvalue weighted by molar-refractivity contribution is 5.95. The van der Waals surface area contributed by atoms with Gasteiger partial charge in [-0.25, -0.2) is 8.78 Å². The van der Waals surface area contributed by atoms with E-state index in [0.717, 1.165) is 38.0 Å². The molecule has 250 valence electrons. The Hall–Kier alpha value is -5.10. The first kappa shape index (κ1) is 32.8. The number of pyridine rings is 1. The summed E-state index contributed by atoms with van der Waals surface area (Å²) in [5.74, 6) is 0.0507. The van der Waals surface area contributed by atoms with Gasteiger partial charge >= 0.3 is 0 Å². The summed E-state index contributed by atoms with van der Waals surface area (Å²) in [6.07, 6.45) is 4.96. The number of nitrogens with one attached hydrogen (secondary N) is 1. The van der Waals surface area contributed by atoms with Crippen LogP contribution in [0, 0.1) is 17.6 Å². The van der Waals surface area contributed by atoms with Crippen LogP contribution in [0.4, 0.5) is 14.5 Å². The van der Waals surface area contributed by atoms with Crippen LogP contribution < -0.4 is 19.5 Å². The van der Waals surface area contributed by atoms with Crippen LogP contribution in [0.15, 0.2) is 71.3 Å². The molecule has 1 atom stereocenters. The van der Waals surface area contributed by atoms with E-state index in [1.54, 1.807) is 38.4 Å². The first-order valence-electron chi connectivity index (χ1n) is 16.0. The molecule has 1 saturated heterocycles. The number of hydrogen-bond acceptors (Lipinski definition) is 9. The molecule has 2 aromatic heterocycles. The third-order valence-electron chi connectivity index (χ3n) is 8.45. The van der Waals surface area contributed by atoms with E-state index < -0.39 is 23.5 Å². The fraction of sp³-hybridized carbons (Fsp3) is 0.333. The molecule has 1 fully saturated rings. The minimum absolute atomic E-state index is 0.0409. The number of rotatable bonds is 12. The van der Waals surface area contributed by atoms with Crippen molar-refractivity contribution in [1.82, 2.24) is 20.1 Å². The number of methoxy groups -OCH3 is 1. The number of piperidine rings is 1. The van der Waals surface area contributed by atoms with Gasteiger partial charge in [0.2, 0.25) is 17.7 Å². The summed E-state index contributed by atoms with van der Waals surface area (Å²) >= 11 is 0. The first-order valence-corrected chi connectivity index (χ1v) is 16.0. The number of aromatic nitrogens is 3. The maximum Gasteiger partial charge on any atom is 0.247 e. The number of amides is 1. The van der Waals surface area contributed by atoms with Gasteiger partial charge in [-0.2, -0.15) is 0 Å². The van der Waals surface area contributed by atoms with E-state index in [1.165, 1.54) is 49.2 Å². The Morgan fingerprint density at radius 1 is 1.00 bits per heavy atom. The van der Waals surface area contributed by atoms with Gasteiger partial charge in [-0.15, -0.1) is 10.2 Å². The van der Waals surface area contributed by atoms with Crippen LogP contribution in [0.3, 0.4) is 0 Å². The minimum atomic E-state index is -0.837. The zero-order chi connectivity index (χ0) is 33.6. The number of halogens is 2. The number of carbonyl (C=O) groups is 1. The highest BCUT2D eigenvalue weighted by Crippen LogP contribution is 2.38. The summed E-state index contributed by atoms with van der Waals surface area (Å²) in [7, 11) is 1.57. The van der Waals surface area contributed by atoms with E-state index in [-0.39, 0.29) is 23.2 Å². The van der Waals surface area contributed by atoms with Gasteiger partial charge in [0.05, 0.1) is 19.2 Å². The van der Waals surface area contributed by atoms with E-state index in [2.05, 4.69) is 32.3 Å². The molecule has 12 heteroatoms. The number of nitrogens with zero attached hydrogens (tertiary/aromatic N) is 4. The molecule has 3 aromatic carbocycles. The second-order valence-corrected chi connectivity index (χ2v) is 12.0. The van der Waals surface area contributed by atoms with Gasteiger partial charge < -0.3 is 28.8 Å². The topological polar surface area (TPSA) is 112 Å². The first-order chi connectivity index (χ1) is 23.3. The molecule has 10 nitrogen and oxygen atoms in total. The molecule has 5 aromatic rings. The van der Waals surface area contributed by atoms with Gasteiger partial charge in [0.25, 0.3) is 0 Å². The maximum absolute atomic E-state index is 15.3. The van der Waals surface area contributed by atoms with Gasteiger partial charge in [-0.1, -0.05) is 6.92 Å². The van der Waals surface area contributed by atoms with Crippen molar-refractivity contribution in [2.75, 3.05) is 38.7 Å². The Labute approximate surface area is 277 Å². The smallest absolute Gasteiger partial charge is 0.247 e. The highest BCUT2D eigenvalue weighted by Gasteiger charge is 2.23. The summed E-state index contributed by atoms with van der Waals surface area (Å²) < 4.78 is 51.8. The normalized spacial score (nSPS) is 14.5. The van der Waals surface area contributed by atoms with Crippen LogP contribution in [0.5, 0.6) is 23.0 Å². The zero-order valence-electron chi connectivity index (χ0n) is 27.0. The van der Waals surface area contributed by atoms with E-state index in [1.807, 2.05) is 0 Å². The average Bonchev–Trinajstić information content (AvgIpc) is 3.59. The summed E-state index contributed by atoms with van der Waals surface area (Å²) in [5, 5.41) is 11.2. The lowest BCUT2D eigenvalue weighted by Gasteiger charge is -2.30. The lowest BCUT2D eigenvalue weighted by molar-refractivity contribution is -0.117. The van der Waals surface area contributed by atoms with Crippen LogP contribution >= 0.6 is 0 Å². The monoisotopic (exact) mass is 657 g/mol. The Balaban J connectivity index is 1.09. The van der Waals surface area contributed by atoms with E-state index in [9.17, 15) is 9.18 Å². The molecule has 48 heavy (non-hydrogen) atoms. The maximum atomic E-state index is 15.3. The quantitative estimate of drug-likeness (QED) is 0.136. The van der Waals surface area contributed by atoms with Crippen molar-refractivity contribution in [3.05, 3.63) is 84.4 Å². The molecule has 0 spiro atoms. The lowest BCUT2D eigenvalue weighted by Crippen LogP contribution is -2.34. The Morgan fingerprint density at radius 2 is 1.79 bits per heavy atom. The molecule has 0 saturated carbocycles. The molecule has 6 rings (SSSR count). The molecule has 1 N–H and O–H groups in total. The van der Waals surface area contributed by atoms with Crippen molar-refractivity contribution in [1.29, 1.82) is 0 Å². The number of likely N-dealkylation sites (tertiary alicyclic amines) is 1. The second-order valence-electron chi connectivity index (χ2n) is 12.0. The Morgan fingerprint density at radius 3 is 2.54 bits per heavy atom. The molecule has 1 unspecified atom stereocenters. The van der Waals surface area contributed by atoms with Crippen LogP contribution in [-0.2, 0) is 4.79 Å². The summed E-state index contributed by atoms with van der Waals surface area (Å²) in [6, 6.07) is 14.9. The van der Waals surface area contributed by atoms with Crippen molar-refractivity contribution in [3.8, 4) is 34.5 Å². The predicted molar refractivity (Wildman–Crippen MR) is 176 cm³/mol. The van der Waals surface area contributed by atoms with Crippen molar-refractivity contribution in [2.45, 2.75) is 39.0 Å². The lowest BCUT2D eigenvalue weighted by atomic mass is 9.99. The SMILES string of the molecule is COc1cc2c(Oc3ccc(NC(=O)C(C)c4nnc(-c5ccc(F)cc5)o4)cc3F)ccnc2cc1OCCCN1CCC(C)CC1. The van der Waals surface area contributed by atoms with Crippen LogP contribution in [0.25, 0.3) is 22.4 Å². The van der Waals surface area contributed by atoms with Gasteiger partial charge in [0.15, 0.2) is 23.1 Å². The third kappa shape index (κ3) is 7.71. The van der Waals surface area contributed by atoms with E-state index in [0.29, 0.717) is 40.3 Å². The second kappa shape index (κ2) is 14.8. The molecule has 3 heterocycles. The van der Waals surface area contributed by atoms with Gasteiger partial charge in [0, 0.05) is 41.5 Å². The summed E-state index contributed by atoms with van der Waals surface area (Å²) in [4.78, 5) is 19.9. The Kier molecular flexibility index (Phi) is 10.1. The fourth-order valence-corrected chi connectivity index (χ4v) is 5.51. The summed E-state index contributed by atoms with van der Waals surface area (Å²) in [6.45, 7) is 7.69. The number of benzene rings is 3. The van der Waals surface area contributed by atoms with E-state index in [4.69, 9.17) is 18.6 Å². The van der Waals surface area contributed by atoms with Crippen molar-refractivity contribution >= 4 is 22.5 Å². The van der Waals surface area contributed by atoms with Gasteiger partial charge in [-0.3, -0.25) is 9.78 Å². The van der Waals surface area contributed by atoms with Crippen LogP contribution in [0.2, 0.25) is 0 Å². The van der Waals surface area contributed by atoms with Crippen LogP contribution in [-0.4, -0.2) is 59.3 Å². The van der Waals surface area contributed by atoms with E-state index >= 15 is 4.39 Å². The molecule has 0 bridgehead atoms. The molecule has 1 aliphatic heterocycles. The zero-order valence-corrected chi connectivity index (χ0v) is 27.0. The van der Waals surface area contributed by atoms with Crippen molar-refractivity contribution in [2.24, 2.45) is 5.92 Å². The molecular weight excluding hydrogens is 620 g/mol. The van der Waals surface area contributed by atoms with Crippen molar-refractivity contribution in [3.63, 3.8) is 0 Å². The third-order valence-corrected chi connectivity index (χ3v) is 8.45. The molecule has 0 radical (unpaired) electrons. The minimum Gasteiger partial charge on any atom is -0.493 e. The molecular formula is C36H37F2N5O5. The molecule has 0 aliphatic carbocycles. The number of carbonyl (C=O) groups excluding carboxylic acids is 1. The van der Waals surface area contributed by atoms with Gasteiger partial charge in [-0.05, 0) is 93.7 Å². The molecule has 1 amide bonds. The number of hydrogen-bond donors (Lipinski definition) is 1.